The highest BCUT2D eigenvalue weighted by Crippen LogP contribution is 2.16. The van der Waals surface area contributed by atoms with Crippen molar-refractivity contribution in [1.82, 2.24) is 14.9 Å². The molecule has 4 rings (SSSR count). The Balaban J connectivity index is 1.40. The van der Waals surface area contributed by atoms with Crippen LogP contribution in [0.25, 0.3) is 11.4 Å². The zero-order valence-electron chi connectivity index (χ0n) is 19.9. The Bertz CT molecular complexity index is 1480. The average Bonchev–Trinajstić information content (AvgIpc) is 2.92. The zero-order chi connectivity index (χ0) is 26.2. The Labute approximate surface area is 213 Å². The zero-order valence-corrected chi connectivity index (χ0v) is 19.9. The smallest absolute Gasteiger partial charge is 0.277 e. The normalized spacial score (nSPS) is 10.5. The molecule has 0 bridgehead atoms. The number of carbonyl (C=O) groups excluding carboxylic acids is 3. The second kappa shape index (κ2) is 11.6. The quantitative estimate of drug-likeness (QED) is 0.305. The lowest BCUT2D eigenvalue weighted by Crippen LogP contribution is -2.35. The summed E-state index contributed by atoms with van der Waals surface area (Å²) in [6, 6.07) is 24.4. The maximum atomic E-state index is 12.9. The van der Waals surface area contributed by atoms with E-state index >= 15 is 0 Å². The number of hydrogen-bond donors (Lipinski definition) is 3. The van der Waals surface area contributed by atoms with E-state index in [1.165, 1.54) is 10.8 Å². The molecule has 2 amide bonds. The molecule has 0 radical (unpaired) electrons. The van der Waals surface area contributed by atoms with Crippen LogP contribution < -0.4 is 21.9 Å². The molecule has 0 unspecified atom stereocenters. The largest absolute Gasteiger partial charge is 0.393 e. The first-order valence-electron chi connectivity index (χ1n) is 11.6. The number of nitrogen functional groups attached to an aromatic ring is 1. The van der Waals surface area contributed by atoms with Gasteiger partial charge in [0.25, 0.3) is 11.5 Å². The van der Waals surface area contributed by atoms with E-state index in [1.54, 1.807) is 72.8 Å². The lowest BCUT2D eigenvalue weighted by atomic mass is 10.0. The summed E-state index contributed by atoms with van der Waals surface area (Å²) < 4.78 is 1.20. The minimum Gasteiger partial charge on any atom is -0.393 e. The predicted molar refractivity (Wildman–Crippen MR) is 141 cm³/mol. The molecule has 1 aromatic heterocycles. The molecule has 0 atom stereocenters. The van der Waals surface area contributed by atoms with Crippen LogP contribution in [0.15, 0.2) is 95.9 Å². The number of nitrogens with one attached hydrogen (secondary N) is 2. The molecule has 0 aliphatic heterocycles. The molecule has 0 spiro atoms. The topological polar surface area (TPSA) is 136 Å². The number of benzene rings is 3. The highest BCUT2D eigenvalue weighted by atomic mass is 16.2. The van der Waals surface area contributed by atoms with Crippen LogP contribution in [0.2, 0.25) is 0 Å². The average molecular weight is 496 g/mol. The summed E-state index contributed by atoms with van der Waals surface area (Å²) in [6.07, 6.45) is 1.24. The molecule has 9 heteroatoms. The highest BCUT2D eigenvalue weighted by Gasteiger charge is 2.18. The van der Waals surface area contributed by atoms with Gasteiger partial charge >= 0.3 is 0 Å². The molecule has 0 saturated heterocycles. The van der Waals surface area contributed by atoms with Crippen LogP contribution in [0, 0.1) is 0 Å². The third-order valence-electron chi connectivity index (χ3n) is 5.59. The van der Waals surface area contributed by atoms with E-state index in [-0.39, 0.29) is 42.1 Å². The third-order valence-corrected chi connectivity index (χ3v) is 5.59. The minimum absolute atomic E-state index is 0.0253. The van der Waals surface area contributed by atoms with Crippen molar-refractivity contribution in [3.05, 3.63) is 113 Å². The van der Waals surface area contributed by atoms with Gasteiger partial charge in [-0.25, -0.2) is 4.98 Å². The fraction of sp³-hybridized carbons (Fsp3) is 0.107. The molecule has 0 saturated carbocycles. The van der Waals surface area contributed by atoms with Crippen LogP contribution in [0.1, 0.15) is 27.1 Å². The van der Waals surface area contributed by atoms with Gasteiger partial charge in [-0.3, -0.25) is 23.7 Å². The van der Waals surface area contributed by atoms with Crippen molar-refractivity contribution in [2.75, 3.05) is 17.6 Å². The number of rotatable bonds is 9. The van der Waals surface area contributed by atoms with E-state index in [1.807, 2.05) is 12.1 Å². The Morgan fingerprint density at radius 2 is 1.46 bits per heavy atom. The molecule has 4 N–H and O–H groups in total. The Hall–Kier alpha value is -5.05. The molecule has 0 aliphatic rings. The van der Waals surface area contributed by atoms with Crippen molar-refractivity contribution >= 4 is 29.0 Å². The molecule has 37 heavy (non-hydrogen) atoms. The molecule has 1 heterocycles. The highest BCUT2D eigenvalue weighted by molar-refractivity contribution is 6.12. The van der Waals surface area contributed by atoms with E-state index in [4.69, 9.17) is 5.73 Å². The summed E-state index contributed by atoms with van der Waals surface area (Å²) >= 11 is 0. The number of amides is 2. The van der Waals surface area contributed by atoms with E-state index in [2.05, 4.69) is 15.6 Å². The van der Waals surface area contributed by atoms with Crippen molar-refractivity contribution in [3.63, 3.8) is 0 Å². The minimum atomic E-state index is -0.529. The van der Waals surface area contributed by atoms with Gasteiger partial charge in [-0.05, 0) is 18.2 Å². The molecule has 4 aromatic rings. The van der Waals surface area contributed by atoms with Crippen LogP contribution in [-0.2, 0) is 11.3 Å². The van der Waals surface area contributed by atoms with Crippen molar-refractivity contribution in [3.8, 4) is 11.4 Å². The van der Waals surface area contributed by atoms with Crippen molar-refractivity contribution in [2.24, 2.45) is 0 Å². The summed E-state index contributed by atoms with van der Waals surface area (Å²) in [5.74, 6) is -0.869. The summed E-state index contributed by atoms with van der Waals surface area (Å²) in [7, 11) is 0. The number of anilines is 2. The van der Waals surface area contributed by atoms with Gasteiger partial charge in [0.15, 0.2) is 5.78 Å². The first kappa shape index (κ1) is 25.1. The van der Waals surface area contributed by atoms with E-state index in [9.17, 15) is 19.2 Å². The SMILES string of the molecule is Nc1cnc(-c2ccccc2)n(CC(=O)NCCC(=O)c2ccccc2C(=O)Nc2ccccc2)c1=O. The van der Waals surface area contributed by atoms with E-state index < -0.39 is 17.4 Å². The molecule has 3 aromatic carbocycles. The second-order valence-corrected chi connectivity index (χ2v) is 8.18. The Morgan fingerprint density at radius 1 is 0.838 bits per heavy atom. The van der Waals surface area contributed by atoms with Gasteiger partial charge in [0.1, 0.15) is 18.1 Å². The lowest BCUT2D eigenvalue weighted by molar-refractivity contribution is -0.121. The van der Waals surface area contributed by atoms with Crippen LogP contribution >= 0.6 is 0 Å². The number of nitrogens with zero attached hydrogens (tertiary/aromatic N) is 2. The maximum absolute atomic E-state index is 12.9. The Morgan fingerprint density at radius 3 is 2.16 bits per heavy atom. The second-order valence-electron chi connectivity index (χ2n) is 8.18. The monoisotopic (exact) mass is 495 g/mol. The van der Waals surface area contributed by atoms with Crippen LogP contribution in [0.5, 0.6) is 0 Å². The summed E-state index contributed by atoms with van der Waals surface area (Å²) in [5.41, 5.74) is 6.90. The third kappa shape index (κ3) is 6.15. The lowest BCUT2D eigenvalue weighted by Gasteiger charge is -2.13. The van der Waals surface area contributed by atoms with E-state index in [0.29, 0.717) is 17.1 Å². The van der Waals surface area contributed by atoms with Gasteiger partial charge in [0, 0.05) is 29.8 Å². The van der Waals surface area contributed by atoms with E-state index in [0.717, 1.165) is 0 Å². The van der Waals surface area contributed by atoms with Crippen LogP contribution in [0.3, 0.4) is 0 Å². The summed E-state index contributed by atoms with van der Waals surface area (Å²) in [6.45, 7) is -0.289. The van der Waals surface area contributed by atoms with Crippen LogP contribution in [-0.4, -0.2) is 33.7 Å². The first-order chi connectivity index (χ1) is 17.9. The number of carbonyl (C=O) groups is 3. The van der Waals surface area contributed by atoms with Crippen molar-refractivity contribution in [2.45, 2.75) is 13.0 Å². The Kier molecular flexibility index (Phi) is 7.85. The van der Waals surface area contributed by atoms with Crippen molar-refractivity contribution < 1.29 is 14.4 Å². The van der Waals surface area contributed by atoms with Gasteiger partial charge in [0.2, 0.25) is 5.91 Å². The maximum Gasteiger partial charge on any atom is 0.277 e. The van der Waals surface area contributed by atoms with Crippen molar-refractivity contribution in [1.29, 1.82) is 0 Å². The van der Waals surface area contributed by atoms with Gasteiger partial charge < -0.3 is 16.4 Å². The summed E-state index contributed by atoms with van der Waals surface area (Å²) in [5, 5.41) is 5.43. The predicted octanol–water partition coefficient (Wildman–Crippen LogP) is 3.13. The standard InChI is InChI=1S/C28H25N5O4/c29-23-17-31-26(19-9-3-1-4-10-19)33(28(23)37)18-25(35)30-16-15-24(34)21-13-7-8-14-22(21)27(36)32-20-11-5-2-6-12-20/h1-14,17H,15-16,18,29H2,(H,30,35)(H,32,36). The number of para-hydroxylation sites is 1. The number of Topliss-reactive ketones (excluding diaryl/α,β-unsaturated/α-hetero) is 1. The molecule has 0 fully saturated rings. The first-order valence-corrected chi connectivity index (χ1v) is 11.6. The fourth-order valence-corrected chi connectivity index (χ4v) is 3.77. The van der Waals surface area contributed by atoms with Gasteiger partial charge in [-0.15, -0.1) is 0 Å². The molecular weight excluding hydrogens is 470 g/mol. The fourth-order valence-electron chi connectivity index (χ4n) is 3.77. The number of ketones is 1. The molecule has 0 aliphatic carbocycles. The summed E-state index contributed by atoms with van der Waals surface area (Å²) in [4.78, 5) is 55.1. The van der Waals surface area contributed by atoms with Gasteiger partial charge in [0.05, 0.1) is 11.8 Å². The van der Waals surface area contributed by atoms with Gasteiger partial charge in [-0.2, -0.15) is 0 Å². The molecular formula is C28H25N5O4. The number of hydrogen-bond acceptors (Lipinski definition) is 6. The number of aromatic nitrogens is 2. The van der Waals surface area contributed by atoms with Crippen LogP contribution in [0.4, 0.5) is 11.4 Å². The molecule has 9 nitrogen and oxygen atoms in total. The van der Waals surface area contributed by atoms with Gasteiger partial charge in [-0.1, -0.05) is 66.7 Å². The number of nitrogens with two attached hydrogens (primary N) is 1. The molecule has 186 valence electrons.